The first-order chi connectivity index (χ1) is 29.1. The molecule has 1 aliphatic rings. The molecule has 24 heteroatoms. The lowest BCUT2D eigenvalue weighted by molar-refractivity contribution is -0.137. The number of hydrogen-bond acceptors (Lipinski definition) is 14. The molecule has 61 heavy (non-hydrogen) atoms. The fourth-order valence-electron chi connectivity index (χ4n) is 5.20. The lowest BCUT2D eigenvalue weighted by Gasteiger charge is -2.20. The van der Waals surface area contributed by atoms with Gasteiger partial charge in [-0.25, -0.2) is 0 Å². The van der Waals surface area contributed by atoms with Crippen molar-refractivity contribution in [2.75, 3.05) is 70.4 Å². The number of amides is 11. The van der Waals surface area contributed by atoms with Gasteiger partial charge in [-0.2, -0.15) is 25.3 Å². The Balaban J connectivity index is 2.51. The zero-order valence-electron chi connectivity index (χ0n) is 34.7. The van der Waals surface area contributed by atoms with E-state index in [-0.39, 0.29) is 76.3 Å². The summed E-state index contributed by atoms with van der Waals surface area (Å²) in [4.78, 5) is 134. The Bertz CT molecular complexity index is 1550. The SMILES string of the molecule is CC(NC(=O)CCCS)C(=O)NCC(=O)NCC(=O)NCCCCC(CNCCC(=O)NCCN1C(=O)C=CC1=O)NC(=O)CNC(=O)CNC(=O)C(C)NC(=O)CCCS. The molecule has 3 atom stereocenters. The lowest BCUT2D eigenvalue weighted by Crippen LogP contribution is -2.49. The van der Waals surface area contributed by atoms with Crippen molar-refractivity contribution < 1.29 is 52.7 Å². The highest BCUT2D eigenvalue weighted by Gasteiger charge is 2.23. The van der Waals surface area contributed by atoms with E-state index in [1.54, 1.807) is 0 Å². The third-order valence-electron chi connectivity index (χ3n) is 8.55. The number of imide groups is 1. The summed E-state index contributed by atoms with van der Waals surface area (Å²) in [5.41, 5.74) is 0. The van der Waals surface area contributed by atoms with E-state index >= 15 is 0 Å². The minimum Gasteiger partial charge on any atom is -0.355 e. The second kappa shape index (κ2) is 31.6. The summed E-state index contributed by atoms with van der Waals surface area (Å²) in [6.07, 6.45) is 5.35. The van der Waals surface area contributed by atoms with Crippen LogP contribution in [-0.2, 0) is 52.7 Å². The van der Waals surface area contributed by atoms with Gasteiger partial charge in [-0.15, -0.1) is 0 Å². The van der Waals surface area contributed by atoms with Crippen molar-refractivity contribution in [2.24, 2.45) is 0 Å². The maximum atomic E-state index is 12.8. The lowest BCUT2D eigenvalue weighted by atomic mass is 10.1. The summed E-state index contributed by atoms with van der Waals surface area (Å²) in [7, 11) is 0. The third kappa shape index (κ3) is 25.9. The van der Waals surface area contributed by atoms with Crippen molar-refractivity contribution in [1.29, 1.82) is 0 Å². The Morgan fingerprint density at radius 1 is 0.525 bits per heavy atom. The number of carbonyl (C=O) groups is 11. The van der Waals surface area contributed by atoms with Crippen LogP contribution >= 0.6 is 25.3 Å². The summed E-state index contributed by atoms with van der Waals surface area (Å²) in [5.74, 6) is -4.20. The third-order valence-corrected chi connectivity index (χ3v) is 9.18. The molecule has 1 heterocycles. The van der Waals surface area contributed by atoms with Crippen molar-refractivity contribution in [1.82, 2.24) is 58.1 Å². The van der Waals surface area contributed by atoms with Crippen LogP contribution in [0.1, 0.15) is 65.2 Å². The van der Waals surface area contributed by atoms with Crippen molar-refractivity contribution >= 4 is 90.2 Å². The van der Waals surface area contributed by atoms with Crippen LogP contribution in [0.2, 0.25) is 0 Å². The van der Waals surface area contributed by atoms with Crippen LogP contribution in [0.4, 0.5) is 0 Å². The Morgan fingerprint density at radius 2 is 1.00 bits per heavy atom. The van der Waals surface area contributed by atoms with E-state index in [4.69, 9.17) is 0 Å². The first-order valence-electron chi connectivity index (χ1n) is 20.0. The number of nitrogens with zero attached hydrogens (tertiary/aromatic N) is 1. The van der Waals surface area contributed by atoms with Crippen molar-refractivity contribution in [3.05, 3.63) is 12.2 Å². The quantitative estimate of drug-likeness (QED) is 0.0173. The molecule has 11 amide bonds. The summed E-state index contributed by atoms with van der Waals surface area (Å²) in [6, 6.07) is -2.20. The van der Waals surface area contributed by atoms with Gasteiger partial charge in [-0.3, -0.25) is 57.6 Å². The van der Waals surface area contributed by atoms with Gasteiger partial charge < -0.3 is 53.2 Å². The van der Waals surface area contributed by atoms with Crippen LogP contribution in [0.25, 0.3) is 0 Å². The molecule has 0 fully saturated rings. The second-order valence-corrected chi connectivity index (χ2v) is 14.7. The minimum absolute atomic E-state index is 0.0318. The average molecular weight is 900 g/mol. The zero-order valence-corrected chi connectivity index (χ0v) is 36.4. The Morgan fingerprint density at radius 3 is 1.52 bits per heavy atom. The first kappa shape index (κ1) is 53.8. The predicted molar refractivity (Wildman–Crippen MR) is 229 cm³/mol. The van der Waals surface area contributed by atoms with Gasteiger partial charge in [0.15, 0.2) is 0 Å². The fraction of sp³-hybridized carbons (Fsp3) is 0.649. The molecule has 10 N–H and O–H groups in total. The monoisotopic (exact) mass is 899 g/mol. The number of nitrogens with one attached hydrogen (secondary N) is 10. The molecule has 0 aromatic carbocycles. The molecule has 0 aliphatic carbocycles. The van der Waals surface area contributed by atoms with E-state index in [1.165, 1.54) is 13.8 Å². The molecule has 0 radical (unpaired) electrons. The summed E-state index contributed by atoms with van der Waals surface area (Å²) in [5, 5.41) is 25.9. The van der Waals surface area contributed by atoms with Crippen LogP contribution < -0.4 is 53.2 Å². The Hall–Kier alpha value is -5.23. The highest BCUT2D eigenvalue weighted by atomic mass is 32.1. The molecule has 0 aromatic heterocycles. The van der Waals surface area contributed by atoms with Gasteiger partial charge in [0.2, 0.25) is 53.2 Å². The number of hydrogen-bond donors (Lipinski definition) is 12. The molecule has 1 rings (SSSR count). The number of thiol groups is 2. The molecule has 1 aliphatic heterocycles. The van der Waals surface area contributed by atoms with Crippen LogP contribution in [0, 0.1) is 0 Å². The number of rotatable bonds is 32. The predicted octanol–water partition coefficient (Wildman–Crippen LogP) is -4.33. The van der Waals surface area contributed by atoms with Gasteiger partial charge in [0.05, 0.1) is 26.2 Å². The molecule has 0 spiro atoms. The second-order valence-electron chi connectivity index (χ2n) is 13.8. The Labute approximate surface area is 366 Å². The molecule has 22 nitrogen and oxygen atoms in total. The highest BCUT2D eigenvalue weighted by Crippen LogP contribution is 2.03. The summed E-state index contributed by atoms with van der Waals surface area (Å²) in [6.45, 7) is 2.20. The molecule has 0 saturated carbocycles. The minimum atomic E-state index is -0.878. The maximum absolute atomic E-state index is 12.8. The fourth-order valence-corrected chi connectivity index (χ4v) is 5.51. The standard InChI is InChI=1S/C37H61N11O11S2/c1-24(45-28(50)8-5-17-60)36(58)43-21-31(53)41-20-30(52)39-13-4-3-7-26(19-38-14-12-27(49)40-15-16-48-34(56)10-11-35(48)57)47-33(55)23-42-32(54)22-44-37(59)25(2)46-29(51)9-6-18-61/h10-11,24-26,38,60-61H,3-9,12-23H2,1-2H3,(H,39,52)(H,40,49)(H,41,53)(H,42,54)(H,43,58)(H,44,59)(H,45,50)(H,46,51)(H,47,55). The van der Waals surface area contributed by atoms with Gasteiger partial charge in [0, 0.05) is 70.2 Å². The summed E-state index contributed by atoms with van der Waals surface area (Å²) >= 11 is 8.08. The van der Waals surface area contributed by atoms with Crippen LogP contribution in [-0.4, -0.2) is 158 Å². The average Bonchev–Trinajstić information content (AvgIpc) is 3.55. The van der Waals surface area contributed by atoms with Crippen LogP contribution in [0.15, 0.2) is 12.2 Å². The number of unbranched alkanes of at least 4 members (excludes halogenated alkanes) is 1. The van der Waals surface area contributed by atoms with Gasteiger partial charge in [0.1, 0.15) is 12.1 Å². The van der Waals surface area contributed by atoms with E-state index in [9.17, 15) is 52.7 Å². The normalized spacial score (nSPS) is 13.3. The van der Waals surface area contributed by atoms with E-state index in [2.05, 4.69) is 78.4 Å². The van der Waals surface area contributed by atoms with E-state index in [0.717, 1.165) is 17.1 Å². The van der Waals surface area contributed by atoms with E-state index in [1.807, 2.05) is 0 Å². The topological polar surface area (TPSA) is 311 Å². The highest BCUT2D eigenvalue weighted by molar-refractivity contribution is 7.80. The van der Waals surface area contributed by atoms with Crippen molar-refractivity contribution in [3.8, 4) is 0 Å². The van der Waals surface area contributed by atoms with Crippen LogP contribution in [0.3, 0.4) is 0 Å². The van der Waals surface area contributed by atoms with Crippen molar-refractivity contribution in [3.63, 3.8) is 0 Å². The van der Waals surface area contributed by atoms with Gasteiger partial charge >= 0.3 is 0 Å². The Kier molecular flexibility index (Phi) is 27.9. The van der Waals surface area contributed by atoms with Crippen molar-refractivity contribution in [2.45, 2.75) is 83.3 Å². The van der Waals surface area contributed by atoms with E-state index < -0.39 is 85.0 Å². The molecule has 342 valence electrons. The smallest absolute Gasteiger partial charge is 0.253 e. The molecule has 0 aromatic rings. The number of carbonyl (C=O) groups excluding carboxylic acids is 11. The summed E-state index contributed by atoms with van der Waals surface area (Å²) < 4.78 is 0. The molecular formula is C37H61N11O11S2. The van der Waals surface area contributed by atoms with Gasteiger partial charge in [-0.05, 0) is 57.5 Å². The molecule has 3 unspecified atom stereocenters. The van der Waals surface area contributed by atoms with Gasteiger partial charge in [-0.1, -0.05) is 0 Å². The van der Waals surface area contributed by atoms with Crippen LogP contribution in [0.5, 0.6) is 0 Å². The largest absolute Gasteiger partial charge is 0.355 e. The molecule has 0 bridgehead atoms. The first-order valence-corrected chi connectivity index (χ1v) is 21.3. The zero-order chi connectivity index (χ0) is 45.6. The maximum Gasteiger partial charge on any atom is 0.253 e. The molecular weight excluding hydrogens is 839 g/mol. The molecule has 0 saturated heterocycles. The van der Waals surface area contributed by atoms with Gasteiger partial charge in [0.25, 0.3) is 11.8 Å². The van der Waals surface area contributed by atoms with E-state index in [0.29, 0.717) is 43.6 Å².